The maximum Gasteiger partial charge on any atom is 0.338 e. The number of rotatable bonds is 19. The largest absolute Gasteiger partial charge is 0.452 e. The van der Waals surface area contributed by atoms with Crippen molar-refractivity contribution < 1.29 is 52.2 Å². The molecule has 6 aromatic rings. The number of carbonyl (C=O) groups excluding carboxylic acids is 1. The van der Waals surface area contributed by atoms with Gasteiger partial charge in [-0.05, 0) is 101 Å². The Kier molecular flexibility index (Phi) is 18.9. The topological polar surface area (TPSA) is 109 Å². The summed E-state index contributed by atoms with van der Waals surface area (Å²) in [5.74, 6) is -0.619. The lowest BCUT2D eigenvalue weighted by molar-refractivity contribution is -0.375. The minimum Gasteiger partial charge on any atom is -0.452 e. The average Bonchev–Trinajstić information content (AvgIpc) is 3.40. The minimum atomic E-state index is -1.24. The summed E-state index contributed by atoms with van der Waals surface area (Å²) < 4.78 is 68.1. The predicted octanol–water partition coefficient (Wildman–Crippen LogP) is 12.8. The zero-order valence-corrected chi connectivity index (χ0v) is 43.4. The van der Waals surface area contributed by atoms with E-state index >= 15 is 0 Å². The normalized spacial score (nSPS) is 26.2. The van der Waals surface area contributed by atoms with Gasteiger partial charge in [0, 0.05) is 30.7 Å². The van der Waals surface area contributed by atoms with Crippen molar-refractivity contribution in [3.63, 3.8) is 0 Å². The van der Waals surface area contributed by atoms with Crippen molar-refractivity contribution in [2.75, 3.05) is 19.5 Å². The summed E-state index contributed by atoms with van der Waals surface area (Å²) in [4.78, 5) is 14.2. The summed E-state index contributed by atoms with van der Waals surface area (Å²) in [6.07, 6.45) is -7.36. The first-order chi connectivity index (χ1) is 35.1. The van der Waals surface area contributed by atoms with Crippen LogP contribution in [0.25, 0.3) is 0 Å². The van der Waals surface area contributed by atoms with Crippen LogP contribution in [-0.2, 0) is 73.8 Å². The second-order valence-corrected chi connectivity index (χ2v) is 20.4. The molecule has 11 nitrogen and oxygen atoms in total. The van der Waals surface area contributed by atoms with Crippen LogP contribution in [0.1, 0.15) is 44.5 Å². The molecule has 0 amide bonds. The highest BCUT2D eigenvalue weighted by atomic mass is 35.5. The van der Waals surface area contributed by atoms with Crippen LogP contribution in [0.2, 0.25) is 25.1 Å². The van der Waals surface area contributed by atoms with Crippen LogP contribution >= 0.6 is 69.8 Å². The predicted molar refractivity (Wildman–Crippen MR) is 278 cm³/mol. The van der Waals surface area contributed by atoms with Gasteiger partial charge in [0.2, 0.25) is 0 Å². The van der Waals surface area contributed by atoms with Crippen LogP contribution in [0.4, 0.5) is 0 Å². The second kappa shape index (κ2) is 25.6. The Labute approximate surface area is 448 Å². The van der Waals surface area contributed by atoms with Gasteiger partial charge in [-0.25, -0.2) is 4.79 Å². The summed E-state index contributed by atoms with van der Waals surface area (Å²) in [5.41, 5.74) is 3.75. The zero-order valence-electron chi connectivity index (χ0n) is 38.8. The van der Waals surface area contributed by atoms with Crippen LogP contribution < -0.4 is 0 Å². The molecule has 11 atom stereocenters. The molecule has 1 unspecified atom stereocenters. The molecular weight excluding hydrogens is 1050 g/mol. The van der Waals surface area contributed by atoms with Gasteiger partial charge >= 0.3 is 5.97 Å². The van der Waals surface area contributed by atoms with Crippen LogP contribution in [0.3, 0.4) is 0 Å². The van der Waals surface area contributed by atoms with Gasteiger partial charge < -0.3 is 47.4 Å². The SMILES string of the molecule is CS[C@@H]1O[C@@H]2COC(c3ccccc3)O[C@@H]2[C@H](O[C@H]2O[C@H](COCc3ccc(Cl)cc3)[C@H](OCc3ccc(Cl)cc3)[C@H](OCc3ccc(Cl)cc3)[C@H]2OCc2ccc(Cl)cc2)[C@H]1OC(=O)c1ccc(Cl)cc1. The van der Waals surface area contributed by atoms with Gasteiger partial charge in [0.15, 0.2) is 18.7 Å². The molecule has 0 aliphatic carbocycles. The number of halogens is 5. The smallest absolute Gasteiger partial charge is 0.338 e. The van der Waals surface area contributed by atoms with E-state index < -0.39 is 72.8 Å². The van der Waals surface area contributed by atoms with Gasteiger partial charge in [-0.1, -0.05) is 137 Å². The molecule has 0 aromatic heterocycles. The van der Waals surface area contributed by atoms with E-state index in [2.05, 4.69) is 0 Å². The van der Waals surface area contributed by atoms with Crippen molar-refractivity contribution in [3.05, 3.63) is 210 Å². The van der Waals surface area contributed by atoms with Crippen LogP contribution in [0.5, 0.6) is 0 Å². The molecule has 0 saturated carbocycles. The first kappa shape index (κ1) is 53.1. The highest BCUT2D eigenvalue weighted by Crippen LogP contribution is 2.42. The van der Waals surface area contributed by atoms with Crippen molar-refractivity contribution in [1.29, 1.82) is 0 Å². The van der Waals surface area contributed by atoms with Crippen molar-refractivity contribution in [2.24, 2.45) is 0 Å². The maximum atomic E-state index is 14.2. The third kappa shape index (κ3) is 13.9. The lowest BCUT2D eigenvalue weighted by Crippen LogP contribution is -2.67. The van der Waals surface area contributed by atoms with Gasteiger partial charge in [0.05, 0.1) is 45.2 Å². The molecule has 6 aromatic carbocycles. The highest BCUT2D eigenvalue weighted by Gasteiger charge is 2.56. The lowest BCUT2D eigenvalue weighted by atomic mass is 9.95. The fourth-order valence-corrected chi connectivity index (χ4v) is 9.97. The first-order valence-corrected chi connectivity index (χ1v) is 26.4. The van der Waals surface area contributed by atoms with E-state index in [1.54, 1.807) is 60.7 Å². The monoisotopic (exact) mass is 1090 g/mol. The summed E-state index contributed by atoms with van der Waals surface area (Å²) in [5, 5.41) is 2.82. The van der Waals surface area contributed by atoms with Gasteiger partial charge in [0.25, 0.3) is 0 Å². The van der Waals surface area contributed by atoms with Crippen LogP contribution in [-0.4, -0.2) is 86.0 Å². The molecule has 72 heavy (non-hydrogen) atoms. The number of ether oxygens (including phenoxy) is 10. The van der Waals surface area contributed by atoms with E-state index in [1.807, 2.05) is 97.3 Å². The Balaban J connectivity index is 1.12. The number of fused-ring (bicyclic) bond motifs is 1. The van der Waals surface area contributed by atoms with Crippen molar-refractivity contribution in [1.82, 2.24) is 0 Å². The van der Waals surface area contributed by atoms with Crippen molar-refractivity contribution in [3.8, 4) is 0 Å². The molecule has 0 radical (unpaired) electrons. The number of carbonyl (C=O) groups is 1. The third-order valence-corrected chi connectivity index (χ3v) is 14.4. The summed E-state index contributed by atoms with van der Waals surface area (Å²) >= 11 is 32.8. The Bertz CT molecular complexity index is 2640. The number of hydrogen-bond donors (Lipinski definition) is 0. The molecular formula is C55H51Cl5O11S. The van der Waals surface area contributed by atoms with Crippen molar-refractivity contribution >= 4 is 75.7 Å². The van der Waals surface area contributed by atoms with E-state index in [9.17, 15) is 4.79 Å². The number of benzene rings is 6. The highest BCUT2D eigenvalue weighted by molar-refractivity contribution is 7.99. The van der Waals surface area contributed by atoms with E-state index in [-0.39, 0.29) is 45.2 Å². The third-order valence-electron chi connectivity index (χ3n) is 12.3. The molecule has 3 aliphatic heterocycles. The lowest BCUT2D eigenvalue weighted by Gasteiger charge is -2.51. The summed E-state index contributed by atoms with van der Waals surface area (Å²) in [7, 11) is 0. The van der Waals surface area contributed by atoms with E-state index in [0.29, 0.717) is 25.1 Å². The molecule has 378 valence electrons. The summed E-state index contributed by atoms with van der Waals surface area (Å²) in [6, 6.07) is 45.6. The Hall–Kier alpha value is -3.77. The average molecular weight is 1100 g/mol. The number of hydrogen-bond acceptors (Lipinski definition) is 12. The minimum absolute atomic E-state index is 0.0289. The van der Waals surface area contributed by atoms with E-state index in [0.717, 1.165) is 27.8 Å². The molecule has 17 heteroatoms. The van der Waals surface area contributed by atoms with Gasteiger partial charge in [-0.2, -0.15) is 0 Å². The maximum absolute atomic E-state index is 14.2. The molecule has 3 aliphatic rings. The molecule has 9 rings (SSSR count). The number of thioether (sulfide) groups is 1. The Morgan fingerprint density at radius 3 is 1.56 bits per heavy atom. The molecule has 0 spiro atoms. The fourth-order valence-electron chi connectivity index (χ4n) is 8.61. The molecule has 3 saturated heterocycles. The quantitative estimate of drug-likeness (QED) is 0.0720. The molecule has 3 fully saturated rings. The van der Waals surface area contributed by atoms with Crippen LogP contribution in [0, 0.1) is 0 Å². The van der Waals surface area contributed by atoms with E-state index in [1.165, 1.54) is 11.8 Å². The molecule has 0 bridgehead atoms. The Morgan fingerprint density at radius 1 is 0.542 bits per heavy atom. The zero-order chi connectivity index (χ0) is 50.0. The number of esters is 1. The van der Waals surface area contributed by atoms with Gasteiger partial charge in [-0.3, -0.25) is 0 Å². The van der Waals surface area contributed by atoms with Crippen molar-refractivity contribution in [2.45, 2.75) is 93.3 Å². The van der Waals surface area contributed by atoms with Gasteiger partial charge in [-0.15, -0.1) is 11.8 Å². The standard InChI is InChI=1S/C55H51Cl5O11S/c1-72-55-51(69-52(61)37-15-25-43(60)26-16-37)49(47-45(68-55)32-66-53(70-47)38-5-3-2-4-6-38)71-54-50(65-30-36-13-23-42(59)24-14-36)48(64-29-35-11-21-41(58)22-12-35)46(63-28-34-9-19-40(57)20-10-34)44(67-54)31-62-27-33-7-17-39(56)18-8-33/h2-26,44-51,53-55H,27-32H2,1H3/t44-,45-,46+,47+,48+,49+,50-,51-,53?,54-,55+/m1/s1. The first-order valence-electron chi connectivity index (χ1n) is 23.2. The summed E-state index contributed by atoms with van der Waals surface area (Å²) in [6.45, 7) is 0.792. The van der Waals surface area contributed by atoms with Gasteiger partial charge in [0.1, 0.15) is 48.2 Å². The van der Waals surface area contributed by atoms with Crippen LogP contribution in [0.15, 0.2) is 152 Å². The molecule has 3 heterocycles. The Morgan fingerprint density at radius 2 is 1.03 bits per heavy atom. The van der Waals surface area contributed by atoms with E-state index in [4.69, 9.17) is 105 Å². The molecule has 0 N–H and O–H groups in total. The fraction of sp³-hybridized carbons (Fsp3) is 0.327. The second-order valence-electron chi connectivity index (χ2n) is 17.3.